The Morgan fingerprint density at radius 2 is 1.89 bits per heavy atom. The fraction of sp³-hybridized carbons (Fsp3) is 0.172. The molecule has 1 aliphatic heterocycles. The molecule has 0 saturated carbocycles. The summed E-state index contributed by atoms with van der Waals surface area (Å²) < 4.78 is 11.9. The number of nitrogens with zero attached hydrogens (tertiary/aromatic N) is 2. The van der Waals surface area contributed by atoms with Gasteiger partial charge in [0.15, 0.2) is 11.5 Å². The Hall–Kier alpha value is -4.24. The fourth-order valence-electron chi connectivity index (χ4n) is 4.30. The molecule has 8 nitrogen and oxygen atoms in total. The molecule has 1 atom stereocenters. The average Bonchev–Trinajstić information content (AvgIpc) is 3.45. The smallest absolute Gasteiger partial charge is 0.338 e. The number of anilines is 1. The van der Waals surface area contributed by atoms with Gasteiger partial charge in [-0.05, 0) is 66.1 Å². The highest BCUT2D eigenvalue weighted by molar-refractivity contribution is 9.10. The van der Waals surface area contributed by atoms with Gasteiger partial charge >= 0.3 is 5.97 Å². The van der Waals surface area contributed by atoms with Crippen molar-refractivity contribution in [3.63, 3.8) is 0 Å². The number of fused-ring (bicyclic) bond motifs is 1. The van der Waals surface area contributed by atoms with E-state index in [2.05, 4.69) is 20.9 Å². The number of esters is 1. The number of aliphatic hydroxyl groups excluding tert-OH is 1. The third kappa shape index (κ3) is 4.72. The van der Waals surface area contributed by atoms with Crippen LogP contribution in [0.2, 0.25) is 0 Å². The highest BCUT2D eigenvalue weighted by atomic mass is 79.9. The summed E-state index contributed by atoms with van der Waals surface area (Å²) in [6, 6.07) is 15.6. The van der Waals surface area contributed by atoms with Crippen molar-refractivity contribution in [2.75, 3.05) is 11.5 Å². The van der Waals surface area contributed by atoms with Gasteiger partial charge in [-0.15, -0.1) is 0 Å². The third-order valence-corrected chi connectivity index (χ3v) is 6.58. The summed E-state index contributed by atoms with van der Waals surface area (Å²) in [5.74, 6) is -2.34. The van der Waals surface area contributed by atoms with E-state index in [4.69, 9.17) is 9.15 Å². The monoisotopic (exact) mass is 574 g/mol. The minimum absolute atomic E-state index is 0.00793. The van der Waals surface area contributed by atoms with Gasteiger partial charge in [-0.25, -0.2) is 4.79 Å². The summed E-state index contributed by atoms with van der Waals surface area (Å²) in [4.78, 5) is 44.9. The number of carbonyl (C=O) groups excluding carboxylic acids is 3. The molecular formula is C29H23BrN2O6. The zero-order chi connectivity index (χ0) is 27.0. The minimum atomic E-state index is -0.970. The Bertz CT molecular complexity index is 1570. The number of aliphatic hydroxyl groups is 1. The molecule has 2 aromatic heterocycles. The normalized spacial score (nSPS) is 15.5. The number of halogens is 1. The maximum atomic E-state index is 13.7. The molecular weight excluding hydrogens is 552 g/mol. The number of hydrogen-bond donors (Lipinski definition) is 1. The van der Waals surface area contributed by atoms with Crippen molar-refractivity contribution in [2.45, 2.75) is 19.9 Å². The molecule has 1 amide bonds. The average molecular weight is 575 g/mol. The van der Waals surface area contributed by atoms with Crippen molar-refractivity contribution in [1.29, 1.82) is 0 Å². The van der Waals surface area contributed by atoms with Crippen LogP contribution < -0.4 is 4.90 Å². The van der Waals surface area contributed by atoms with Crippen molar-refractivity contribution in [3.8, 4) is 0 Å². The number of hydrogen-bond acceptors (Lipinski definition) is 7. The first-order valence-corrected chi connectivity index (χ1v) is 12.7. The van der Waals surface area contributed by atoms with Crippen LogP contribution in [0.1, 0.15) is 46.4 Å². The molecule has 0 fully saturated rings. The fourth-order valence-corrected chi connectivity index (χ4v) is 4.68. The van der Waals surface area contributed by atoms with Gasteiger partial charge in [0.05, 0.1) is 23.8 Å². The summed E-state index contributed by atoms with van der Waals surface area (Å²) in [5, 5.41) is 11.7. The first kappa shape index (κ1) is 25.4. The number of aromatic nitrogens is 1. The SMILES string of the molecule is CC(C)COC(=O)c1ccc(N2C(=O)C(O)=C(C(=O)c3cc4cc(Br)ccc4o3)C2c2cccnc2)cc1. The van der Waals surface area contributed by atoms with E-state index < -0.39 is 29.5 Å². The summed E-state index contributed by atoms with van der Waals surface area (Å²) in [6.07, 6.45) is 3.11. The highest BCUT2D eigenvalue weighted by Gasteiger charge is 2.45. The summed E-state index contributed by atoms with van der Waals surface area (Å²) in [7, 11) is 0. The van der Waals surface area contributed by atoms with Crippen LogP contribution in [-0.4, -0.2) is 34.4 Å². The largest absolute Gasteiger partial charge is 0.503 e. The molecule has 2 aromatic carbocycles. The molecule has 0 bridgehead atoms. The molecule has 1 aliphatic rings. The first-order chi connectivity index (χ1) is 18.2. The second-order valence-electron chi connectivity index (χ2n) is 9.29. The highest BCUT2D eigenvalue weighted by Crippen LogP contribution is 2.42. The second-order valence-corrected chi connectivity index (χ2v) is 10.2. The van der Waals surface area contributed by atoms with Crippen LogP contribution >= 0.6 is 15.9 Å². The van der Waals surface area contributed by atoms with Crippen LogP contribution in [0.4, 0.5) is 5.69 Å². The van der Waals surface area contributed by atoms with Gasteiger partial charge in [0.1, 0.15) is 5.58 Å². The van der Waals surface area contributed by atoms with E-state index in [1.165, 1.54) is 11.1 Å². The van der Waals surface area contributed by atoms with Crippen LogP contribution in [0.5, 0.6) is 0 Å². The molecule has 4 aromatic rings. The van der Waals surface area contributed by atoms with Crippen molar-refractivity contribution in [2.24, 2.45) is 5.92 Å². The number of benzene rings is 2. The topological polar surface area (TPSA) is 110 Å². The van der Waals surface area contributed by atoms with Gasteiger partial charge in [-0.3, -0.25) is 19.5 Å². The van der Waals surface area contributed by atoms with Crippen LogP contribution in [-0.2, 0) is 9.53 Å². The predicted molar refractivity (Wildman–Crippen MR) is 144 cm³/mol. The van der Waals surface area contributed by atoms with Gasteiger partial charge < -0.3 is 14.3 Å². The summed E-state index contributed by atoms with van der Waals surface area (Å²) in [6.45, 7) is 4.17. The number of rotatable bonds is 7. The lowest BCUT2D eigenvalue weighted by atomic mass is 9.96. The lowest BCUT2D eigenvalue weighted by Gasteiger charge is -2.26. The molecule has 38 heavy (non-hydrogen) atoms. The van der Waals surface area contributed by atoms with Gasteiger partial charge in [-0.1, -0.05) is 35.8 Å². The Morgan fingerprint density at radius 1 is 1.13 bits per heavy atom. The van der Waals surface area contributed by atoms with Gasteiger partial charge in [0.25, 0.3) is 5.91 Å². The zero-order valence-corrected chi connectivity index (χ0v) is 22.1. The van der Waals surface area contributed by atoms with Gasteiger partial charge in [-0.2, -0.15) is 0 Å². The Balaban J connectivity index is 1.53. The number of carbonyl (C=O) groups is 3. The van der Waals surface area contributed by atoms with E-state index in [9.17, 15) is 19.5 Å². The first-order valence-electron chi connectivity index (χ1n) is 11.9. The molecule has 3 heterocycles. The molecule has 0 aliphatic carbocycles. The summed E-state index contributed by atoms with van der Waals surface area (Å²) in [5.41, 5.74) is 1.60. The van der Waals surface area contributed by atoms with E-state index in [-0.39, 0.29) is 23.9 Å². The van der Waals surface area contributed by atoms with Crippen LogP contribution in [0, 0.1) is 5.92 Å². The van der Waals surface area contributed by atoms with E-state index in [1.54, 1.807) is 60.8 Å². The predicted octanol–water partition coefficient (Wildman–Crippen LogP) is 6.19. The second kappa shape index (κ2) is 10.3. The number of amides is 1. The molecule has 0 radical (unpaired) electrons. The maximum absolute atomic E-state index is 13.7. The third-order valence-electron chi connectivity index (χ3n) is 6.08. The Morgan fingerprint density at radius 3 is 2.58 bits per heavy atom. The lowest BCUT2D eigenvalue weighted by Crippen LogP contribution is -2.31. The van der Waals surface area contributed by atoms with E-state index >= 15 is 0 Å². The Labute approximate surface area is 226 Å². The van der Waals surface area contributed by atoms with Crippen molar-refractivity contribution in [1.82, 2.24) is 4.98 Å². The summed E-state index contributed by atoms with van der Waals surface area (Å²) >= 11 is 3.40. The minimum Gasteiger partial charge on any atom is -0.503 e. The maximum Gasteiger partial charge on any atom is 0.338 e. The quantitative estimate of drug-likeness (QED) is 0.207. The number of furan rings is 1. The molecule has 0 spiro atoms. The Kier molecular flexibility index (Phi) is 6.86. The van der Waals surface area contributed by atoms with Crippen molar-refractivity contribution in [3.05, 3.63) is 106 Å². The van der Waals surface area contributed by atoms with Crippen LogP contribution in [0.3, 0.4) is 0 Å². The molecule has 5 rings (SSSR count). The molecule has 1 unspecified atom stereocenters. The van der Waals surface area contributed by atoms with E-state index in [0.717, 1.165) is 4.47 Å². The van der Waals surface area contributed by atoms with Crippen molar-refractivity contribution < 1.29 is 28.6 Å². The number of ketones is 1. The van der Waals surface area contributed by atoms with Crippen molar-refractivity contribution >= 4 is 50.2 Å². The zero-order valence-electron chi connectivity index (χ0n) is 20.6. The number of pyridine rings is 1. The molecule has 1 N–H and O–H groups in total. The molecule has 192 valence electrons. The standard InChI is InChI=1S/C29H23BrN2O6/c1-16(2)15-37-29(36)17-5-8-21(9-6-17)32-25(18-4-3-11-31-14-18)24(27(34)28(32)35)26(33)23-13-19-12-20(30)7-10-22(19)38-23/h3-14,16,25,34H,15H2,1-2H3. The van der Waals surface area contributed by atoms with E-state index in [1.807, 2.05) is 19.9 Å². The molecule has 0 saturated heterocycles. The number of ether oxygens (including phenoxy) is 1. The molecule has 9 heteroatoms. The van der Waals surface area contributed by atoms with Gasteiger partial charge in [0, 0.05) is 27.9 Å². The van der Waals surface area contributed by atoms with Gasteiger partial charge in [0.2, 0.25) is 5.78 Å². The lowest BCUT2D eigenvalue weighted by molar-refractivity contribution is -0.117. The number of Topliss-reactive ketones (excluding diaryl/α,β-unsaturated/α-hetero) is 1. The van der Waals surface area contributed by atoms with Crippen LogP contribution in [0.15, 0.2) is 93.3 Å². The van der Waals surface area contributed by atoms with Crippen LogP contribution in [0.25, 0.3) is 11.0 Å². The van der Waals surface area contributed by atoms with E-state index in [0.29, 0.717) is 27.8 Å².